The van der Waals surface area contributed by atoms with Gasteiger partial charge in [-0.1, -0.05) is 6.07 Å². The van der Waals surface area contributed by atoms with Gasteiger partial charge in [0.25, 0.3) is 0 Å². The van der Waals surface area contributed by atoms with Gasteiger partial charge in [-0.25, -0.2) is 4.79 Å². The standard InChI is InChI=1S/C21H22O6/c1-14-10-16(27-13-21(23)24-2)5-6-17(14)18(22)11-15-4-7-19-20(12-15)26-9-3-8-25-19/h4-7,10,12H,3,8-9,11,13H2,1-2H3. The van der Waals surface area contributed by atoms with E-state index in [0.717, 1.165) is 17.5 Å². The van der Waals surface area contributed by atoms with Crippen LogP contribution < -0.4 is 14.2 Å². The highest BCUT2D eigenvalue weighted by molar-refractivity contribution is 5.99. The molecule has 3 rings (SSSR count). The van der Waals surface area contributed by atoms with Crippen LogP contribution in [0, 0.1) is 6.92 Å². The van der Waals surface area contributed by atoms with Crippen LogP contribution in [0.2, 0.25) is 0 Å². The molecule has 0 fully saturated rings. The molecule has 0 saturated carbocycles. The molecule has 0 N–H and O–H groups in total. The fraction of sp³-hybridized carbons (Fsp3) is 0.333. The summed E-state index contributed by atoms with van der Waals surface area (Å²) in [6, 6.07) is 10.7. The molecule has 6 heteroatoms. The molecule has 2 aromatic carbocycles. The predicted octanol–water partition coefficient (Wildman–Crippen LogP) is 3.13. The van der Waals surface area contributed by atoms with Crippen LogP contribution in [0.1, 0.15) is 27.9 Å². The molecule has 1 heterocycles. The molecule has 0 aliphatic carbocycles. The van der Waals surface area contributed by atoms with Crippen LogP contribution >= 0.6 is 0 Å². The average molecular weight is 370 g/mol. The van der Waals surface area contributed by atoms with Crippen molar-refractivity contribution < 1.29 is 28.5 Å². The van der Waals surface area contributed by atoms with Crippen molar-refractivity contribution in [1.29, 1.82) is 0 Å². The fourth-order valence-corrected chi connectivity index (χ4v) is 2.84. The van der Waals surface area contributed by atoms with Gasteiger partial charge in [-0.05, 0) is 48.4 Å². The van der Waals surface area contributed by atoms with E-state index in [9.17, 15) is 9.59 Å². The number of hydrogen-bond acceptors (Lipinski definition) is 6. The second kappa shape index (κ2) is 8.58. The number of carbonyl (C=O) groups is 2. The molecule has 0 bridgehead atoms. The second-order valence-electron chi connectivity index (χ2n) is 6.27. The van der Waals surface area contributed by atoms with Crippen molar-refractivity contribution in [2.45, 2.75) is 19.8 Å². The number of benzene rings is 2. The van der Waals surface area contributed by atoms with E-state index in [4.69, 9.17) is 14.2 Å². The maximum atomic E-state index is 12.7. The second-order valence-corrected chi connectivity index (χ2v) is 6.27. The summed E-state index contributed by atoms with van der Waals surface area (Å²) < 4.78 is 21.2. The highest BCUT2D eigenvalue weighted by Crippen LogP contribution is 2.31. The molecule has 1 aliphatic heterocycles. The molecular weight excluding hydrogens is 348 g/mol. The van der Waals surface area contributed by atoms with E-state index >= 15 is 0 Å². The third-order valence-corrected chi connectivity index (χ3v) is 4.26. The van der Waals surface area contributed by atoms with Crippen molar-refractivity contribution in [1.82, 2.24) is 0 Å². The van der Waals surface area contributed by atoms with Gasteiger partial charge in [0.2, 0.25) is 0 Å². The summed E-state index contributed by atoms with van der Waals surface area (Å²) in [6.45, 7) is 2.91. The maximum absolute atomic E-state index is 12.7. The van der Waals surface area contributed by atoms with Crippen molar-refractivity contribution in [2.24, 2.45) is 0 Å². The fourth-order valence-electron chi connectivity index (χ4n) is 2.84. The number of hydrogen-bond donors (Lipinski definition) is 0. The van der Waals surface area contributed by atoms with Gasteiger partial charge in [0, 0.05) is 18.4 Å². The lowest BCUT2D eigenvalue weighted by Gasteiger charge is -2.11. The van der Waals surface area contributed by atoms with Crippen LogP contribution in [0.5, 0.6) is 17.2 Å². The van der Waals surface area contributed by atoms with E-state index in [0.29, 0.717) is 36.0 Å². The first kappa shape index (κ1) is 18.8. The summed E-state index contributed by atoms with van der Waals surface area (Å²) in [4.78, 5) is 23.9. The van der Waals surface area contributed by atoms with Crippen LogP contribution in [-0.2, 0) is 16.0 Å². The molecule has 0 spiro atoms. The van der Waals surface area contributed by atoms with Gasteiger partial charge in [0.15, 0.2) is 23.9 Å². The highest BCUT2D eigenvalue weighted by Gasteiger charge is 2.15. The third-order valence-electron chi connectivity index (χ3n) is 4.26. The topological polar surface area (TPSA) is 71.1 Å². The minimum absolute atomic E-state index is 0.00140. The minimum Gasteiger partial charge on any atom is -0.490 e. The third kappa shape index (κ3) is 4.78. The van der Waals surface area contributed by atoms with Crippen LogP contribution in [0.3, 0.4) is 0 Å². The number of fused-ring (bicyclic) bond motifs is 1. The maximum Gasteiger partial charge on any atom is 0.343 e. The first-order chi connectivity index (χ1) is 13.1. The van der Waals surface area contributed by atoms with Gasteiger partial charge in [-0.3, -0.25) is 4.79 Å². The van der Waals surface area contributed by atoms with E-state index in [1.807, 2.05) is 25.1 Å². The van der Waals surface area contributed by atoms with Gasteiger partial charge < -0.3 is 18.9 Å². The van der Waals surface area contributed by atoms with Crippen LogP contribution in [0.15, 0.2) is 36.4 Å². The molecule has 0 aromatic heterocycles. The number of methoxy groups -OCH3 is 1. The first-order valence-corrected chi connectivity index (χ1v) is 8.79. The minimum atomic E-state index is -0.456. The van der Waals surface area contributed by atoms with Crippen molar-refractivity contribution in [3.05, 3.63) is 53.1 Å². The summed E-state index contributed by atoms with van der Waals surface area (Å²) in [5.41, 5.74) is 2.28. The lowest BCUT2D eigenvalue weighted by molar-refractivity contribution is -0.142. The number of Topliss-reactive ketones (excluding diaryl/α,β-unsaturated/α-hetero) is 1. The number of ketones is 1. The Kier molecular flexibility index (Phi) is 5.96. The van der Waals surface area contributed by atoms with Crippen LogP contribution in [-0.4, -0.2) is 38.7 Å². The molecule has 0 saturated heterocycles. The van der Waals surface area contributed by atoms with E-state index in [1.54, 1.807) is 18.2 Å². The molecular formula is C21H22O6. The molecule has 142 valence electrons. The molecule has 0 radical (unpaired) electrons. The zero-order chi connectivity index (χ0) is 19.2. The Morgan fingerprint density at radius 3 is 2.56 bits per heavy atom. The Labute approximate surface area is 158 Å². The lowest BCUT2D eigenvalue weighted by Crippen LogP contribution is -2.13. The SMILES string of the molecule is COC(=O)COc1ccc(C(=O)Cc2ccc3c(c2)OCCCO3)c(C)c1. The average Bonchev–Trinajstić information content (AvgIpc) is 2.91. The molecule has 6 nitrogen and oxygen atoms in total. The van der Waals surface area contributed by atoms with Crippen molar-refractivity contribution in [2.75, 3.05) is 26.9 Å². The van der Waals surface area contributed by atoms with Crippen LogP contribution in [0.25, 0.3) is 0 Å². The predicted molar refractivity (Wildman–Crippen MR) is 98.8 cm³/mol. The molecule has 0 atom stereocenters. The smallest absolute Gasteiger partial charge is 0.343 e. The van der Waals surface area contributed by atoms with Crippen molar-refractivity contribution in [3.63, 3.8) is 0 Å². The summed E-state index contributed by atoms with van der Waals surface area (Å²) in [6.07, 6.45) is 1.10. The van der Waals surface area contributed by atoms with E-state index in [1.165, 1.54) is 7.11 Å². The van der Waals surface area contributed by atoms with E-state index in [2.05, 4.69) is 4.74 Å². The quantitative estimate of drug-likeness (QED) is 0.575. The van der Waals surface area contributed by atoms with E-state index < -0.39 is 5.97 Å². The Morgan fingerprint density at radius 1 is 1.04 bits per heavy atom. The number of esters is 1. The van der Waals surface area contributed by atoms with Gasteiger partial charge >= 0.3 is 5.97 Å². The zero-order valence-electron chi connectivity index (χ0n) is 15.4. The first-order valence-electron chi connectivity index (χ1n) is 8.79. The Hall–Kier alpha value is -3.02. The summed E-state index contributed by atoms with van der Waals surface area (Å²) in [7, 11) is 1.30. The van der Waals surface area contributed by atoms with Gasteiger partial charge in [-0.2, -0.15) is 0 Å². The highest BCUT2D eigenvalue weighted by atomic mass is 16.6. The van der Waals surface area contributed by atoms with Crippen molar-refractivity contribution >= 4 is 11.8 Å². The van der Waals surface area contributed by atoms with E-state index in [-0.39, 0.29) is 18.8 Å². The lowest BCUT2D eigenvalue weighted by atomic mass is 9.99. The van der Waals surface area contributed by atoms with Gasteiger partial charge in [0.1, 0.15) is 5.75 Å². The molecule has 0 amide bonds. The number of rotatable bonds is 6. The van der Waals surface area contributed by atoms with Gasteiger partial charge in [0.05, 0.1) is 20.3 Å². The summed E-state index contributed by atoms with van der Waals surface area (Å²) >= 11 is 0. The largest absolute Gasteiger partial charge is 0.490 e. The Bertz CT molecular complexity index is 843. The van der Waals surface area contributed by atoms with Crippen molar-refractivity contribution in [3.8, 4) is 17.2 Å². The molecule has 0 unspecified atom stereocenters. The van der Waals surface area contributed by atoms with Crippen LogP contribution in [0.4, 0.5) is 0 Å². The summed E-state index contributed by atoms with van der Waals surface area (Å²) in [5.74, 6) is 1.46. The van der Waals surface area contributed by atoms with Gasteiger partial charge in [-0.15, -0.1) is 0 Å². The number of ether oxygens (including phenoxy) is 4. The number of aryl methyl sites for hydroxylation is 1. The summed E-state index contributed by atoms with van der Waals surface area (Å²) in [5, 5.41) is 0. The normalized spacial score (nSPS) is 12.8. The monoisotopic (exact) mass is 370 g/mol. The zero-order valence-corrected chi connectivity index (χ0v) is 15.4. The molecule has 2 aromatic rings. The molecule has 27 heavy (non-hydrogen) atoms. The number of carbonyl (C=O) groups excluding carboxylic acids is 2. The Morgan fingerprint density at radius 2 is 1.81 bits per heavy atom. The molecule has 1 aliphatic rings. The Balaban J connectivity index is 1.69.